The fourth-order valence-electron chi connectivity index (χ4n) is 3.99. The summed E-state index contributed by atoms with van der Waals surface area (Å²) in [4.78, 5) is 18.3. The van der Waals surface area contributed by atoms with Gasteiger partial charge in [0.15, 0.2) is 0 Å². The molecule has 0 spiro atoms. The summed E-state index contributed by atoms with van der Waals surface area (Å²) in [6.45, 7) is 1.65. The number of nitrogens with zero attached hydrogens (tertiary/aromatic N) is 7. The van der Waals surface area contributed by atoms with Gasteiger partial charge in [-0.25, -0.2) is 23.4 Å². The highest BCUT2D eigenvalue weighted by Gasteiger charge is 2.29. The molecule has 0 unspecified atom stereocenters. The molecule has 34 heavy (non-hydrogen) atoms. The Labute approximate surface area is 195 Å². The summed E-state index contributed by atoms with van der Waals surface area (Å²) < 4.78 is 27.3. The van der Waals surface area contributed by atoms with Crippen LogP contribution in [0.25, 0.3) is 22.3 Å². The first-order chi connectivity index (χ1) is 16.5. The van der Waals surface area contributed by atoms with Crippen LogP contribution in [0.4, 0.5) is 5.82 Å². The van der Waals surface area contributed by atoms with Crippen LogP contribution in [0.3, 0.4) is 0 Å². The predicted molar refractivity (Wildman–Crippen MR) is 124 cm³/mol. The van der Waals surface area contributed by atoms with Crippen molar-refractivity contribution in [3.05, 3.63) is 66.2 Å². The van der Waals surface area contributed by atoms with Gasteiger partial charge in [0.1, 0.15) is 23.9 Å². The molecular weight excluding hydrogens is 452 g/mol. The smallest absolute Gasteiger partial charge is 0.243 e. The zero-order valence-corrected chi connectivity index (χ0v) is 18.7. The van der Waals surface area contributed by atoms with Gasteiger partial charge in [-0.05, 0) is 36.4 Å². The Balaban J connectivity index is 1.31. The van der Waals surface area contributed by atoms with Crippen LogP contribution in [0.5, 0.6) is 0 Å². The number of hydrogen-bond acceptors (Lipinski definition) is 8. The Bertz CT molecular complexity index is 1540. The summed E-state index contributed by atoms with van der Waals surface area (Å²) in [6, 6.07) is 13.8. The number of aromatic nitrogens is 4. The quantitative estimate of drug-likeness (QED) is 0.478. The summed E-state index contributed by atoms with van der Waals surface area (Å²) in [5, 5.41) is 18.9. The Kier molecular flexibility index (Phi) is 5.42. The van der Waals surface area contributed by atoms with Crippen molar-refractivity contribution in [3.8, 4) is 23.4 Å². The van der Waals surface area contributed by atoms with Crippen molar-refractivity contribution in [1.82, 2.24) is 24.2 Å². The van der Waals surface area contributed by atoms with Gasteiger partial charge in [-0.3, -0.25) is 0 Å². The summed E-state index contributed by atoms with van der Waals surface area (Å²) >= 11 is 0. The van der Waals surface area contributed by atoms with E-state index in [-0.39, 0.29) is 4.90 Å². The van der Waals surface area contributed by atoms with Crippen molar-refractivity contribution in [1.29, 1.82) is 10.5 Å². The lowest BCUT2D eigenvalue weighted by molar-refractivity contribution is 0.384. The second kappa shape index (κ2) is 8.56. The molecule has 1 N–H and O–H groups in total. The first-order valence-electron chi connectivity index (χ1n) is 10.4. The van der Waals surface area contributed by atoms with Crippen molar-refractivity contribution in [3.63, 3.8) is 0 Å². The van der Waals surface area contributed by atoms with E-state index < -0.39 is 10.0 Å². The molecule has 4 heterocycles. The zero-order valence-electron chi connectivity index (χ0n) is 17.9. The number of fused-ring (bicyclic) bond motifs is 1. The van der Waals surface area contributed by atoms with E-state index in [4.69, 9.17) is 5.26 Å². The average molecular weight is 471 g/mol. The van der Waals surface area contributed by atoms with Gasteiger partial charge in [0, 0.05) is 44.1 Å². The Morgan fingerprint density at radius 2 is 1.68 bits per heavy atom. The van der Waals surface area contributed by atoms with Gasteiger partial charge in [0.2, 0.25) is 10.0 Å². The molecular formula is C23H18N8O2S. The summed E-state index contributed by atoms with van der Waals surface area (Å²) in [5.41, 5.74) is 2.86. The van der Waals surface area contributed by atoms with Crippen LogP contribution in [0.2, 0.25) is 0 Å². The number of pyridine rings is 1. The molecule has 168 valence electrons. The molecule has 0 amide bonds. The second-order valence-corrected chi connectivity index (χ2v) is 9.63. The third-order valence-electron chi connectivity index (χ3n) is 5.80. The number of nitrogens with one attached hydrogen (secondary N) is 1. The van der Waals surface area contributed by atoms with E-state index in [2.05, 4.69) is 26.0 Å². The van der Waals surface area contributed by atoms with Gasteiger partial charge in [-0.2, -0.15) is 14.8 Å². The molecule has 0 radical (unpaired) electrons. The lowest BCUT2D eigenvalue weighted by atomic mass is 10.1. The van der Waals surface area contributed by atoms with Crippen LogP contribution in [0, 0.1) is 22.7 Å². The van der Waals surface area contributed by atoms with Gasteiger partial charge in [0.05, 0.1) is 33.2 Å². The molecule has 10 nitrogen and oxygen atoms in total. The molecule has 0 bridgehead atoms. The lowest BCUT2D eigenvalue weighted by Gasteiger charge is -2.34. The fourth-order valence-corrected chi connectivity index (χ4v) is 5.41. The highest BCUT2D eigenvalue weighted by Crippen LogP contribution is 2.28. The molecule has 11 heteroatoms. The first kappa shape index (κ1) is 21.5. The Hall–Kier alpha value is -4.32. The maximum Gasteiger partial charge on any atom is 0.243 e. The Morgan fingerprint density at radius 3 is 2.32 bits per heavy atom. The fraction of sp³-hybridized carbons (Fsp3) is 0.174. The molecule has 1 aromatic carbocycles. The van der Waals surface area contributed by atoms with E-state index in [9.17, 15) is 13.7 Å². The van der Waals surface area contributed by atoms with Gasteiger partial charge in [0.25, 0.3) is 0 Å². The maximum absolute atomic E-state index is 12.9. The zero-order chi connectivity index (χ0) is 23.7. The number of anilines is 1. The van der Waals surface area contributed by atoms with E-state index in [1.807, 2.05) is 23.1 Å². The van der Waals surface area contributed by atoms with Crippen LogP contribution in [-0.4, -0.2) is 58.8 Å². The molecule has 5 rings (SSSR count). The number of sulfonamides is 1. The van der Waals surface area contributed by atoms with Crippen molar-refractivity contribution >= 4 is 26.9 Å². The second-order valence-electron chi connectivity index (χ2n) is 7.69. The third-order valence-corrected chi connectivity index (χ3v) is 7.71. The number of piperazine rings is 1. The molecule has 1 saturated heterocycles. The number of aromatic amines is 1. The van der Waals surface area contributed by atoms with Crippen molar-refractivity contribution in [2.75, 3.05) is 31.1 Å². The number of rotatable bonds is 4. The predicted octanol–water partition coefficient (Wildman–Crippen LogP) is 2.27. The molecule has 0 atom stereocenters. The summed E-state index contributed by atoms with van der Waals surface area (Å²) in [7, 11) is -3.62. The first-order valence-corrected chi connectivity index (χ1v) is 11.9. The number of nitriles is 2. The Morgan fingerprint density at radius 1 is 0.912 bits per heavy atom. The molecule has 1 aliphatic heterocycles. The largest absolute Gasteiger partial charge is 0.354 e. The lowest BCUT2D eigenvalue weighted by Crippen LogP contribution is -2.48. The van der Waals surface area contributed by atoms with Crippen LogP contribution in [0.15, 0.2) is 60.0 Å². The van der Waals surface area contributed by atoms with Crippen LogP contribution in [-0.2, 0) is 10.0 Å². The number of H-pyrrole nitrogens is 1. The van der Waals surface area contributed by atoms with Gasteiger partial charge >= 0.3 is 0 Å². The standard InChI is InChI=1S/C23H18N8O2S/c24-11-16-1-4-19(5-2-16)34(32,33)31-9-7-30(8-10-31)20-6-3-17(13-26-20)22-21-18(12-25)14-27-23(21)29-15-28-22/h1-6,13-15H,7-10H2,(H,27,28,29). The summed E-state index contributed by atoms with van der Waals surface area (Å²) in [5.74, 6) is 0.735. The molecule has 3 aromatic heterocycles. The number of hydrogen-bond donors (Lipinski definition) is 1. The van der Waals surface area contributed by atoms with E-state index in [0.29, 0.717) is 54.0 Å². The summed E-state index contributed by atoms with van der Waals surface area (Å²) in [6.07, 6.45) is 4.75. The highest BCUT2D eigenvalue weighted by molar-refractivity contribution is 7.89. The third kappa shape index (κ3) is 3.73. The minimum Gasteiger partial charge on any atom is -0.354 e. The molecule has 1 fully saturated rings. The molecule has 4 aromatic rings. The minimum atomic E-state index is -3.62. The maximum atomic E-state index is 12.9. The van der Waals surface area contributed by atoms with E-state index in [1.165, 1.54) is 34.9 Å². The van der Waals surface area contributed by atoms with Gasteiger partial charge < -0.3 is 9.88 Å². The molecule has 0 saturated carbocycles. The van der Waals surface area contributed by atoms with Gasteiger partial charge in [-0.15, -0.1) is 0 Å². The van der Waals surface area contributed by atoms with Crippen molar-refractivity contribution < 1.29 is 8.42 Å². The SMILES string of the molecule is N#Cc1ccc(S(=O)(=O)N2CCN(c3ccc(-c4ncnc5[nH]cc(C#N)c45)cn3)CC2)cc1. The van der Waals surface area contributed by atoms with Crippen molar-refractivity contribution in [2.24, 2.45) is 0 Å². The number of benzene rings is 1. The topological polar surface area (TPSA) is 143 Å². The normalized spacial score (nSPS) is 14.6. The van der Waals surface area contributed by atoms with E-state index >= 15 is 0 Å². The van der Waals surface area contributed by atoms with Crippen LogP contribution < -0.4 is 4.90 Å². The van der Waals surface area contributed by atoms with E-state index in [1.54, 1.807) is 12.4 Å². The monoisotopic (exact) mass is 470 g/mol. The molecule has 1 aliphatic rings. The van der Waals surface area contributed by atoms with Crippen LogP contribution in [0.1, 0.15) is 11.1 Å². The average Bonchev–Trinajstić information content (AvgIpc) is 3.32. The highest BCUT2D eigenvalue weighted by atomic mass is 32.2. The van der Waals surface area contributed by atoms with E-state index in [0.717, 1.165) is 11.4 Å². The molecule has 0 aliphatic carbocycles. The van der Waals surface area contributed by atoms with Crippen molar-refractivity contribution in [2.45, 2.75) is 4.90 Å². The van der Waals surface area contributed by atoms with Gasteiger partial charge in [-0.1, -0.05) is 0 Å². The minimum absolute atomic E-state index is 0.181. The van der Waals surface area contributed by atoms with Crippen LogP contribution >= 0.6 is 0 Å².